The average Bonchev–Trinajstić information content (AvgIpc) is 3.54. The highest BCUT2D eigenvalue weighted by Gasteiger charge is 2.59. The zero-order chi connectivity index (χ0) is 32.2. The number of hydrogen-bond donors (Lipinski definition) is 0. The van der Waals surface area contributed by atoms with Crippen LogP contribution in [0.3, 0.4) is 0 Å². The van der Waals surface area contributed by atoms with Gasteiger partial charge in [0.15, 0.2) is 18.0 Å². The first-order valence-corrected chi connectivity index (χ1v) is 16.3. The number of benzene rings is 4. The second-order valence-electron chi connectivity index (χ2n) is 15.6. The number of pyridine rings is 1. The smallest absolute Gasteiger partial charge is 0.181 e. The van der Waals surface area contributed by atoms with Crippen LogP contribution in [0.15, 0.2) is 97.2 Å². The summed E-state index contributed by atoms with van der Waals surface area (Å²) in [4.78, 5) is 4.86. The van der Waals surface area contributed by atoms with Crippen LogP contribution >= 0.6 is 0 Å². The number of fused-ring (bicyclic) bond motifs is 3. The fourth-order valence-electron chi connectivity index (χ4n) is 7.53. The minimum Gasteiger partial charge on any atom is -0.457 e. The van der Waals surface area contributed by atoms with E-state index in [4.69, 9.17) is 9.72 Å². The molecule has 5 heterocycles. The average molecular weight is 608 g/mol. The van der Waals surface area contributed by atoms with Gasteiger partial charge in [-0.3, -0.25) is 9.05 Å². The van der Waals surface area contributed by atoms with Gasteiger partial charge in [-0.1, -0.05) is 65.8 Å². The van der Waals surface area contributed by atoms with Gasteiger partial charge in [0.2, 0.25) is 0 Å². The van der Waals surface area contributed by atoms with Crippen molar-refractivity contribution in [2.75, 3.05) is 13.7 Å². The molecule has 0 unspecified atom stereocenters. The Bertz CT molecular complexity index is 2190. The van der Waals surface area contributed by atoms with Crippen LogP contribution in [0, 0.1) is 13.6 Å². The molecule has 2 aromatic heterocycles. The van der Waals surface area contributed by atoms with Crippen LogP contribution in [0.25, 0.3) is 27.6 Å². The summed E-state index contributed by atoms with van der Waals surface area (Å²) in [6.45, 7) is 19.2. The summed E-state index contributed by atoms with van der Waals surface area (Å²) in [6.07, 6.45) is 1.93. The minimum atomic E-state index is -0.0363. The van der Waals surface area contributed by atoms with Gasteiger partial charge in [0.1, 0.15) is 23.0 Å². The molecule has 0 N–H and O–H groups in total. The molecule has 1 saturated heterocycles. The van der Waals surface area contributed by atoms with Crippen LogP contribution < -0.4 is 13.7 Å². The van der Waals surface area contributed by atoms with E-state index in [2.05, 4.69) is 158 Å². The van der Waals surface area contributed by atoms with Crippen molar-refractivity contribution < 1.29 is 4.74 Å². The lowest BCUT2D eigenvalue weighted by molar-refractivity contribution is 0.157. The van der Waals surface area contributed by atoms with Crippen molar-refractivity contribution in [1.82, 2.24) is 18.5 Å². The van der Waals surface area contributed by atoms with E-state index < -0.39 is 0 Å². The summed E-state index contributed by atoms with van der Waals surface area (Å²) in [7, 11) is 2.31. The highest BCUT2D eigenvalue weighted by atomic mass is 16.5. The van der Waals surface area contributed by atoms with Crippen LogP contribution in [0.5, 0.6) is 11.5 Å². The van der Waals surface area contributed by atoms with Crippen molar-refractivity contribution in [3.8, 4) is 17.3 Å². The molecule has 0 saturated carbocycles. The highest BCUT2D eigenvalue weighted by Crippen LogP contribution is 2.61. The van der Waals surface area contributed by atoms with Crippen molar-refractivity contribution in [2.45, 2.75) is 59.3 Å². The van der Waals surface area contributed by atoms with Crippen molar-refractivity contribution in [3.63, 3.8) is 0 Å². The van der Waals surface area contributed by atoms with Crippen LogP contribution in [0.4, 0.5) is 17.1 Å². The van der Waals surface area contributed by atoms with Gasteiger partial charge >= 0.3 is 0 Å². The van der Waals surface area contributed by atoms with Gasteiger partial charge in [-0.25, -0.2) is 4.98 Å². The Labute approximate surface area is 272 Å². The number of quaternary nitrogens is 2. The van der Waals surface area contributed by atoms with Crippen molar-refractivity contribution >= 4 is 38.9 Å². The first-order valence-electron chi connectivity index (χ1n) is 16.3. The summed E-state index contributed by atoms with van der Waals surface area (Å²) >= 11 is 0. The molecule has 0 aliphatic carbocycles. The molecule has 5 heteroatoms. The summed E-state index contributed by atoms with van der Waals surface area (Å²) in [5, 5.41) is 2.39. The van der Waals surface area contributed by atoms with Crippen molar-refractivity contribution in [3.05, 3.63) is 121 Å². The maximum Gasteiger partial charge on any atom is 0.181 e. The summed E-state index contributed by atoms with van der Waals surface area (Å²) < 4.78 is 10.7. The molecule has 5 nitrogen and oxygen atoms in total. The van der Waals surface area contributed by atoms with Crippen LogP contribution in [-0.2, 0) is 10.8 Å². The number of ether oxygens (including phenoxy) is 1. The Balaban J connectivity index is 1.26. The SMILES string of the molecule is Cc1ccc2c(c1)[N@@+]1(C)[CH-][N@+]2(c2cc(Oc3ccc4c5ccccc5n(-c5cc(C(C)(C)C)ccn5)c4c3)cc(C(C)(C)C)c2)C1. The Kier molecular flexibility index (Phi) is 6.01. The van der Waals surface area contributed by atoms with E-state index in [1.807, 2.05) is 6.20 Å². The Morgan fingerprint density at radius 2 is 1.46 bits per heavy atom. The van der Waals surface area contributed by atoms with Crippen LogP contribution in [0.1, 0.15) is 58.2 Å². The quantitative estimate of drug-likeness (QED) is 0.147. The van der Waals surface area contributed by atoms with Gasteiger partial charge in [-0.2, -0.15) is 0 Å². The lowest BCUT2D eigenvalue weighted by Crippen LogP contribution is -2.68. The molecule has 46 heavy (non-hydrogen) atoms. The lowest BCUT2D eigenvalue weighted by Gasteiger charge is -2.55. The number of hydrogen-bond acceptors (Lipinski definition) is 2. The van der Waals surface area contributed by atoms with Gasteiger partial charge in [0, 0.05) is 47.3 Å². The van der Waals surface area contributed by atoms with Gasteiger partial charge in [0.05, 0.1) is 24.7 Å². The van der Waals surface area contributed by atoms with E-state index >= 15 is 0 Å². The molecule has 0 amide bonds. The molecule has 0 radical (unpaired) electrons. The second kappa shape index (κ2) is 9.54. The molecular weight excluding hydrogens is 564 g/mol. The monoisotopic (exact) mass is 607 g/mol. The molecule has 3 aliphatic heterocycles. The number of aryl methyl sites for hydroxylation is 1. The third kappa shape index (κ3) is 4.33. The fraction of sp³-hybridized carbons (Fsp3) is 0.268. The molecule has 6 aromatic rings. The van der Waals surface area contributed by atoms with Gasteiger partial charge < -0.3 is 9.22 Å². The van der Waals surface area contributed by atoms with E-state index in [-0.39, 0.29) is 10.8 Å². The first-order chi connectivity index (χ1) is 21.7. The molecule has 1 fully saturated rings. The third-order valence-electron chi connectivity index (χ3n) is 10.0. The van der Waals surface area contributed by atoms with E-state index in [0.29, 0.717) is 0 Å². The summed E-state index contributed by atoms with van der Waals surface area (Å²) in [5.41, 5.74) is 10.0. The topological polar surface area (TPSA) is 27.1 Å². The minimum absolute atomic E-state index is 0.0192. The molecule has 2 bridgehead atoms. The molecule has 4 aromatic carbocycles. The largest absolute Gasteiger partial charge is 0.457 e. The normalized spacial score (nSPS) is 20.6. The molecule has 0 spiro atoms. The maximum absolute atomic E-state index is 6.82. The van der Waals surface area contributed by atoms with Gasteiger partial charge in [-0.15, -0.1) is 0 Å². The van der Waals surface area contributed by atoms with Crippen LogP contribution in [0.2, 0.25) is 0 Å². The Morgan fingerprint density at radius 3 is 2.22 bits per heavy atom. The number of aromatic nitrogens is 2. The second-order valence-corrected chi connectivity index (χ2v) is 15.6. The van der Waals surface area contributed by atoms with E-state index in [1.165, 1.54) is 44.5 Å². The van der Waals surface area contributed by atoms with Crippen LogP contribution in [-0.4, -0.2) is 23.3 Å². The standard InChI is InChI=1S/C41H43N4O/c1-27-13-16-37-38(19-27)44(8)25-45(37,26-44)30-20-29(41(5,6)7)21-32(23-30)46-31-14-15-34-33-11-9-10-12-35(33)43(36(34)24-31)39-22-28(17-18-42-39)40(2,3)4/h9-25H,26H2,1-8H3/q+1/t44-,45+/m0/s1. The van der Waals surface area contributed by atoms with Crippen molar-refractivity contribution in [1.29, 1.82) is 0 Å². The predicted octanol–water partition coefficient (Wildman–Crippen LogP) is 10.6. The van der Waals surface area contributed by atoms with Crippen molar-refractivity contribution in [2.24, 2.45) is 0 Å². The zero-order valence-electron chi connectivity index (χ0n) is 28.2. The highest BCUT2D eigenvalue weighted by molar-refractivity contribution is 6.09. The summed E-state index contributed by atoms with van der Waals surface area (Å²) in [5.74, 6) is 2.59. The lowest BCUT2D eigenvalue weighted by atomic mass is 9.86. The van der Waals surface area contributed by atoms with E-state index in [1.54, 1.807) is 0 Å². The van der Waals surface area contributed by atoms with Gasteiger partial charge in [-0.05, 0) is 70.8 Å². The molecule has 232 valence electrons. The molecule has 2 atom stereocenters. The maximum atomic E-state index is 6.82. The van der Waals surface area contributed by atoms with E-state index in [9.17, 15) is 0 Å². The molecule has 9 rings (SSSR count). The Hall–Kier alpha value is -4.45. The summed E-state index contributed by atoms with van der Waals surface area (Å²) in [6, 6.07) is 33.2. The molecule has 3 aliphatic rings. The molecular formula is C41H43N4O+. The third-order valence-corrected chi connectivity index (χ3v) is 10.0. The first kappa shape index (κ1) is 29.0. The fourth-order valence-corrected chi connectivity index (χ4v) is 7.53. The van der Waals surface area contributed by atoms with Gasteiger partial charge in [0.25, 0.3) is 0 Å². The number of rotatable bonds is 4. The van der Waals surface area contributed by atoms with E-state index in [0.717, 1.165) is 44.0 Å². The zero-order valence-corrected chi connectivity index (χ0v) is 28.2. The Morgan fingerprint density at radius 1 is 0.717 bits per heavy atom. The number of nitrogens with zero attached hydrogens (tertiary/aromatic N) is 4. The number of para-hydroxylation sites is 1. The predicted molar refractivity (Wildman–Crippen MR) is 192 cm³/mol.